The van der Waals surface area contributed by atoms with Gasteiger partial charge in [0.1, 0.15) is 0 Å². The molecule has 1 saturated heterocycles. The van der Waals surface area contributed by atoms with Gasteiger partial charge >= 0.3 is 0 Å². The minimum Gasteiger partial charge on any atom is -0.383 e. The highest BCUT2D eigenvalue weighted by Gasteiger charge is 2.29. The second kappa shape index (κ2) is 5.23. The number of hydrogen-bond donors (Lipinski definition) is 1. The molecule has 0 radical (unpaired) electrons. The Kier molecular flexibility index (Phi) is 4.56. The van der Waals surface area contributed by atoms with Crippen LogP contribution in [0.5, 0.6) is 0 Å². The highest BCUT2D eigenvalue weighted by Crippen LogP contribution is 2.36. The Morgan fingerprint density at radius 1 is 1.62 bits per heavy atom. The number of thioether (sulfide) groups is 1. The average molecular weight is 203 g/mol. The molecule has 0 aromatic heterocycles. The van der Waals surface area contributed by atoms with Crippen molar-refractivity contribution in [3.8, 4) is 0 Å². The molecule has 2 nitrogen and oxygen atoms in total. The van der Waals surface area contributed by atoms with Crippen molar-refractivity contribution >= 4 is 11.8 Å². The van der Waals surface area contributed by atoms with Crippen LogP contribution in [0.15, 0.2) is 0 Å². The Balaban J connectivity index is 2.17. The summed E-state index contributed by atoms with van der Waals surface area (Å²) in [6, 6.07) is 0.475. The molecule has 78 valence electrons. The zero-order chi connectivity index (χ0) is 9.73. The number of hydrogen-bond acceptors (Lipinski definition) is 3. The largest absolute Gasteiger partial charge is 0.383 e. The fourth-order valence-corrected chi connectivity index (χ4v) is 2.93. The molecule has 0 bridgehead atoms. The predicted molar refractivity (Wildman–Crippen MR) is 59.4 cm³/mol. The molecule has 1 fully saturated rings. The quantitative estimate of drug-likeness (QED) is 0.737. The molecule has 0 saturated carbocycles. The molecule has 1 rings (SSSR count). The topological polar surface area (TPSA) is 21.3 Å². The van der Waals surface area contributed by atoms with E-state index in [0.717, 1.165) is 13.2 Å². The molecule has 2 unspecified atom stereocenters. The number of methoxy groups -OCH3 is 1. The van der Waals surface area contributed by atoms with Gasteiger partial charge in [-0.3, -0.25) is 0 Å². The van der Waals surface area contributed by atoms with E-state index in [1.165, 1.54) is 18.6 Å². The van der Waals surface area contributed by atoms with Crippen molar-refractivity contribution < 1.29 is 4.74 Å². The van der Waals surface area contributed by atoms with Crippen LogP contribution >= 0.6 is 11.8 Å². The van der Waals surface area contributed by atoms with Crippen molar-refractivity contribution in [2.24, 2.45) is 0 Å². The highest BCUT2D eigenvalue weighted by atomic mass is 32.2. The standard InChI is InChI=1S/C10H21NOS/c1-9(7-12-3)11-8-10(2)5-4-6-13-10/h9,11H,4-8H2,1-3H3. The Morgan fingerprint density at radius 2 is 2.38 bits per heavy atom. The van der Waals surface area contributed by atoms with Gasteiger partial charge in [-0.25, -0.2) is 0 Å². The van der Waals surface area contributed by atoms with E-state index in [1.807, 2.05) is 0 Å². The fraction of sp³-hybridized carbons (Fsp3) is 1.00. The van der Waals surface area contributed by atoms with Crippen LogP contribution in [0.1, 0.15) is 26.7 Å². The van der Waals surface area contributed by atoms with Crippen LogP contribution in [-0.2, 0) is 4.74 Å². The van der Waals surface area contributed by atoms with Crippen molar-refractivity contribution in [1.82, 2.24) is 5.32 Å². The van der Waals surface area contributed by atoms with Crippen molar-refractivity contribution in [1.29, 1.82) is 0 Å². The molecule has 0 spiro atoms. The van der Waals surface area contributed by atoms with Crippen LogP contribution in [0, 0.1) is 0 Å². The van der Waals surface area contributed by atoms with Crippen LogP contribution in [0.25, 0.3) is 0 Å². The Morgan fingerprint density at radius 3 is 2.92 bits per heavy atom. The van der Waals surface area contributed by atoms with E-state index in [4.69, 9.17) is 4.74 Å². The zero-order valence-electron chi connectivity index (χ0n) is 8.93. The van der Waals surface area contributed by atoms with Crippen LogP contribution in [-0.4, -0.2) is 36.8 Å². The molecule has 0 aromatic carbocycles. The molecule has 0 aromatic rings. The van der Waals surface area contributed by atoms with E-state index in [2.05, 4.69) is 30.9 Å². The molecule has 13 heavy (non-hydrogen) atoms. The summed E-state index contributed by atoms with van der Waals surface area (Å²) in [4.78, 5) is 0. The van der Waals surface area contributed by atoms with E-state index in [-0.39, 0.29) is 0 Å². The lowest BCUT2D eigenvalue weighted by Crippen LogP contribution is -2.39. The van der Waals surface area contributed by atoms with E-state index in [1.54, 1.807) is 7.11 Å². The summed E-state index contributed by atoms with van der Waals surface area (Å²) in [5.74, 6) is 1.33. The maximum atomic E-state index is 5.08. The van der Waals surface area contributed by atoms with Gasteiger partial charge in [0.25, 0.3) is 0 Å². The molecule has 1 aliphatic rings. The van der Waals surface area contributed by atoms with E-state index >= 15 is 0 Å². The van der Waals surface area contributed by atoms with Gasteiger partial charge < -0.3 is 10.1 Å². The molecular weight excluding hydrogens is 182 g/mol. The smallest absolute Gasteiger partial charge is 0.0613 e. The minimum atomic E-state index is 0.474. The number of nitrogens with one attached hydrogen (secondary N) is 1. The SMILES string of the molecule is COCC(C)NCC1(C)CCCS1. The van der Waals surface area contributed by atoms with Crippen LogP contribution in [0.4, 0.5) is 0 Å². The molecule has 1 heterocycles. The first-order chi connectivity index (χ1) is 6.16. The Hall–Kier alpha value is 0.270. The van der Waals surface area contributed by atoms with Crippen LogP contribution < -0.4 is 5.32 Å². The highest BCUT2D eigenvalue weighted by molar-refractivity contribution is 8.00. The molecule has 0 aliphatic carbocycles. The van der Waals surface area contributed by atoms with Crippen molar-refractivity contribution in [2.75, 3.05) is 26.0 Å². The normalized spacial score (nSPS) is 30.7. The van der Waals surface area contributed by atoms with Gasteiger partial charge in [0.15, 0.2) is 0 Å². The van der Waals surface area contributed by atoms with Gasteiger partial charge in [-0.2, -0.15) is 11.8 Å². The third kappa shape index (κ3) is 3.88. The number of rotatable bonds is 5. The second-order valence-corrected chi connectivity index (χ2v) is 5.82. The zero-order valence-corrected chi connectivity index (χ0v) is 9.75. The predicted octanol–water partition coefficient (Wildman–Crippen LogP) is 1.90. The van der Waals surface area contributed by atoms with Crippen molar-refractivity contribution in [2.45, 2.75) is 37.5 Å². The summed E-state index contributed by atoms with van der Waals surface area (Å²) >= 11 is 2.10. The Bertz CT molecular complexity index is 146. The van der Waals surface area contributed by atoms with Gasteiger partial charge in [0.2, 0.25) is 0 Å². The van der Waals surface area contributed by atoms with Gasteiger partial charge in [0, 0.05) is 24.4 Å². The summed E-state index contributed by atoms with van der Waals surface area (Å²) < 4.78 is 5.56. The fourth-order valence-electron chi connectivity index (χ4n) is 1.68. The monoisotopic (exact) mass is 203 g/mol. The van der Waals surface area contributed by atoms with Crippen LogP contribution in [0.2, 0.25) is 0 Å². The maximum absolute atomic E-state index is 5.08. The average Bonchev–Trinajstić information content (AvgIpc) is 2.51. The molecule has 0 amide bonds. The van der Waals surface area contributed by atoms with E-state index in [0.29, 0.717) is 10.8 Å². The molecule has 2 atom stereocenters. The van der Waals surface area contributed by atoms with Gasteiger partial charge in [-0.1, -0.05) is 0 Å². The summed E-state index contributed by atoms with van der Waals surface area (Å²) in [7, 11) is 1.75. The Labute approximate surface area is 85.8 Å². The second-order valence-electron chi connectivity index (χ2n) is 4.14. The minimum absolute atomic E-state index is 0.474. The molecule has 3 heteroatoms. The third-order valence-electron chi connectivity index (χ3n) is 2.54. The first-order valence-electron chi connectivity index (χ1n) is 5.02. The van der Waals surface area contributed by atoms with Gasteiger partial charge in [-0.15, -0.1) is 0 Å². The summed E-state index contributed by atoms with van der Waals surface area (Å²) in [5, 5.41) is 3.52. The van der Waals surface area contributed by atoms with Crippen LogP contribution in [0.3, 0.4) is 0 Å². The molecule has 1 N–H and O–H groups in total. The van der Waals surface area contributed by atoms with Crippen molar-refractivity contribution in [3.05, 3.63) is 0 Å². The van der Waals surface area contributed by atoms with Crippen molar-refractivity contribution in [3.63, 3.8) is 0 Å². The first-order valence-corrected chi connectivity index (χ1v) is 6.01. The van der Waals surface area contributed by atoms with E-state index in [9.17, 15) is 0 Å². The first kappa shape index (κ1) is 11.3. The summed E-state index contributed by atoms with van der Waals surface area (Å²) in [6.45, 7) is 6.45. The molecular formula is C10H21NOS. The summed E-state index contributed by atoms with van der Waals surface area (Å²) in [6.07, 6.45) is 2.73. The van der Waals surface area contributed by atoms with Gasteiger partial charge in [-0.05, 0) is 32.4 Å². The summed E-state index contributed by atoms with van der Waals surface area (Å²) in [5.41, 5.74) is 0. The molecule has 1 aliphatic heterocycles. The van der Waals surface area contributed by atoms with E-state index < -0.39 is 0 Å². The lowest BCUT2D eigenvalue weighted by atomic mass is 10.1. The third-order valence-corrected chi connectivity index (χ3v) is 4.08. The maximum Gasteiger partial charge on any atom is 0.0613 e. The lowest BCUT2D eigenvalue weighted by molar-refractivity contribution is 0.171. The lowest BCUT2D eigenvalue weighted by Gasteiger charge is -2.25. The number of ether oxygens (including phenoxy) is 1. The van der Waals surface area contributed by atoms with Gasteiger partial charge in [0.05, 0.1) is 6.61 Å².